The molecule has 0 aliphatic rings. The van der Waals surface area contributed by atoms with Gasteiger partial charge in [0.05, 0.1) is 5.52 Å². The molecule has 2 N–H and O–H groups in total. The van der Waals surface area contributed by atoms with E-state index in [1.807, 2.05) is 44.2 Å². The number of nitrogens with one attached hydrogen (secondary N) is 2. The molecule has 128 valence electrons. The average Bonchev–Trinajstić information content (AvgIpc) is 2.91. The molecule has 0 fully saturated rings. The van der Waals surface area contributed by atoms with Crippen LogP contribution in [0.4, 0.5) is 5.82 Å². The fraction of sp³-hybridized carbons (Fsp3) is 0.250. The first-order chi connectivity index (χ1) is 12.0. The lowest BCUT2D eigenvalue weighted by Gasteiger charge is -2.07. The van der Waals surface area contributed by atoms with Crippen molar-refractivity contribution in [2.75, 3.05) is 5.32 Å². The van der Waals surface area contributed by atoms with Gasteiger partial charge in [-0.1, -0.05) is 31.5 Å². The number of rotatable bonds is 5. The first-order valence-electron chi connectivity index (χ1n) is 8.40. The van der Waals surface area contributed by atoms with Crippen molar-refractivity contribution >= 4 is 28.4 Å². The molecule has 0 aliphatic heterocycles. The molecule has 3 aromatic rings. The van der Waals surface area contributed by atoms with E-state index >= 15 is 0 Å². The van der Waals surface area contributed by atoms with Crippen molar-refractivity contribution in [3.8, 4) is 0 Å². The zero-order chi connectivity index (χ0) is 18.0. The van der Waals surface area contributed by atoms with Crippen molar-refractivity contribution in [3.05, 3.63) is 58.9 Å². The van der Waals surface area contributed by atoms with Gasteiger partial charge >= 0.3 is 0 Å². The zero-order valence-corrected chi connectivity index (χ0v) is 14.6. The number of ketones is 1. The van der Waals surface area contributed by atoms with Crippen molar-refractivity contribution in [3.63, 3.8) is 0 Å². The van der Waals surface area contributed by atoms with E-state index in [4.69, 9.17) is 0 Å². The van der Waals surface area contributed by atoms with Crippen LogP contribution < -0.4 is 5.32 Å². The van der Waals surface area contributed by atoms with E-state index in [1.54, 1.807) is 6.07 Å². The topological polar surface area (TPSA) is 74.8 Å². The maximum Gasteiger partial charge on any atom is 0.273 e. The summed E-state index contributed by atoms with van der Waals surface area (Å²) >= 11 is 0. The van der Waals surface area contributed by atoms with Crippen LogP contribution in [0.1, 0.15) is 52.4 Å². The number of fused-ring (bicyclic) bond motifs is 1. The third-order valence-corrected chi connectivity index (χ3v) is 4.21. The predicted octanol–water partition coefficient (Wildman–Crippen LogP) is 4.28. The van der Waals surface area contributed by atoms with E-state index in [9.17, 15) is 9.59 Å². The standard InChI is InChI=1S/C20H21N3O2/c1-4-7-15-18(13(3)24)12(2)21-19(15)20(25)23-17-11-10-14-8-5-6-9-16(14)22-17/h5-6,8-11,21H,4,7H2,1-3H3,(H,22,23,25). The summed E-state index contributed by atoms with van der Waals surface area (Å²) in [5, 5.41) is 3.85. The highest BCUT2D eigenvalue weighted by Gasteiger charge is 2.22. The molecule has 5 nitrogen and oxygen atoms in total. The van der Waals surface area contributed by atoms with Gasteiger partial charge in [-0.2, -0.15) is 0 Å². The molecular formula is C20H21N3O2. The Morgan fingerprint density at radius 2 is 1.92 bits per heavy atom. The molecule has 1 aromatic carbocycles. The first-order valence-corrected chi connectivity index (χ1v) is 8.40. The van der Waals surface area contributed by atoms with Gasteiger partial charge < -0.3 is 10.3 Å². The van der Waals surface area contributed by atoms with Crippen LogP contribution in [0.2, 0.25) is 0 Å². The van der Waals surface area contributed by atoms with E-state index in [1.165, 1.54) is 6.92 Å². The molecule has 3 rings (SSSR count). The molecule has 5 heteroatoms. The molecule has 2 heterocycles. The van der Waals surface area contributed by atoms with Gasteiger partial charge in [-0.25, -0.2) is 4.98 Å². The first kappa shape index (κ1) is 16.9. The normalized spacial score (nSPS) is 10.8. The number of aromatic amines is 1. The molecule has 0 aliphatic carbocycles. The van der Waals surface area contributed by atoms with Crippen LogP contribution in [0.15, 0.2) is 36.4 Å². The van der Waals surface area contributed by atoms with Gasteiger partial charge in [0.25, 0.3) is 5.91 Å². The predicted molar refractivity (Wildman–Crippen MR) is 99.2 cm³/mol. The Kier molecular flexibility index (Phi) is 4.65. The van der Waals surface area contributed by atoms with Crippen LogP contribution >= 0.6 is 0 Å². The van der Waals surface area contributed by atoms with Gasteiger partial charge in [0.1, 0.15) is 11.5 Å². The molecule has 0 spiro atoms. The largest absolute Gasteiger partial charge is 0.354 e. The number of anilines is 1. The number of hydrogen-bond acceptors (Lipinski definition) is 3. The van der Waals surface area contributed by atoms with Gasteiger partial charge in [0.15, 0.2) is 5.78 Å². The summed E-state index contributed by atoms with van der Waals surface area (Å²) in [6.07, 6.45) is 1.53. The van der Waals surface area contributed by atoms with E-state index < -0.39 is 0 Å². The summed E-state index contributed by atoms with van der Waals surface area (Å²) in [6.45, 7) is 5.38. The molecule has 25 heavy (non-hydrogen) atoms. The Morgan fingerprint density at radius 1 is 1.16 bits per heavy atom. The number of aryl methyl sites for hydroxylation is 1. The molecule has 1 amide bonds. The number of benzene rings is 1. The molecule has 2 aromatic heterocycles. The minimum absolute atomic E-state index is 0.0277. The Labute approximate surface area is 146 Å². The molecule has 0 radical (unpaired) electrons. The Morgan fingerprint density at radius 3 is 2.64 bits per heavy atom. The number of aromatic nitrogens is 2. The third-order valence-electron chi connectivity index (χ3n) is 4.21. The molecule has 0 atom stereocenters. The fourth-order valence-electron chi connectivity index (χ4n) is 3.16. The lowest BCUT2D eigenvalue weighted by atomic mass is 10.0. The van der Waals surface area contributed by atoms with E-state index in [-0.39, 0.29) is 11.7 Å². The van der Waals surface area contributed by atoms with Crippen LogP contribution in [-0.2, 0) is 6.42 Å². The Balaban J connectivity index is 1.94. The van der Waals surface area contributed by atoms with Crippen molar-refractivity contribution in [2.24, 2.45) is 0 Å². The van der Waals surface area contributed by atoms with Crippen LogP contribution in [0, 0.1) is 6.92 Å². The summed E-state index contributed by atoms with van der Waals surface area (Å²) < 4.78 is 0. The van der Waals surface area contributed by atoms with Crippen molar-refractivity contribution < 1.29 is 9.59 Å². The van der Waals surface area contributed by atoms with Gasteiger partial charge in [0.2, 0.25) is 0 Å². The van der Waals surface area contributed by atoms with Crippen molar-refractivity contribution in [2.45, 2.75) is 33.6 Å². The number of H-pyrrole nitrogens is 1. The van der Waals surface area contributed by atoms with Gasteiger partial charge in [-0.3, -0.25) is 9.59 Å². The number of carbonyl (C=O) groups is 2. The van der Waals surface area contributed by atoms with Crippen LogP contribution in [0.3, 0.4) is 0 Å². The number of pyridine rings is 1. The zero-order valence-electron chi connectivity index (χ0n) is 14.6. The van der Waals surface area contributed by atoms with Crippen molar-refractivity contribution in [1.82, 2.24) is 9.97 Å². The van der Waals surface area contributed by atoms with Gasteiger partial charge in [-0.05, 0) is 44.0 Å². The third kappa shape index (κ3) is 3.31. The highest BCUT2D eigenvalue weighted by atomic mass is 16.2. The number of amides is 1. The number of Topliss-reactive ketones (excluding diaryl/α,β-unsaturated/α-hetero) is 1. The van der Waals surface area contributed by atoms with Crippen LogP contribution in [-0.4, -0.2) is 21.7 Å². The second-order valence-electron chi connectivity index (χ2n) is 6.13. The van der Waals surface area contributed by atoms with Crippen molar-refractivity contribution in [1.29, 1.82) is 0 Å². The summed E-state index contributed by atoms with van der Waals surface area (Å²) in [5.74, 6) is 0.185. The second kappa shape index (κ2) is 6.89. The SMILES string of the molecule is CCCc1c(C(=O)Nc2ccc3ccccc3n2)[nH]c(C)c1C(C)=O. The van der Waals surface area contributed by atoms with E-state index in [0.29, 0.717) is 23.5 Å². The molecular weight excluding hydrogens is 314 g/mol. The van der Waals surface area contributed by atoms with E-state index in [0.717, 1.165) is 28.6 Å². The average molecular weight is 335 g/mol. The van der Waals surface area contributed by atoms with Crippen LogP contribution in [0.5, 0.6) is 0 Å². The summed E-state index contributed by atoms with van der Waals surface area (Å²) in [5.41, 5.74) is 3.40. The fourth-order valence-corrected chi connectivity index (χ4v) is 3.16. The quantitative estimate of drug-likeness (QED) is 0.683. The minimum Gasteiger partial charge on any atom is -0.354 e. The highest BCUT2D eigenvalue weighted by Crippen LogP contribution is 2.23. The minimum atomic E-state index is -0.276. The van der Waals surface area contributed by atoms with Gasteiger partial charge in [-0.15, -0.1) is 0 Å². The maximum absolute atomic E-state index is 12.7. The number of nitrogens with zero attached hydrogens (tertiary/aromatic N) is 1. The Hall–Kier alpha value is -2.95. The smallest absolute Gasteiger partial charge is 0.273 e. The lowest BCUT2D eigenvalue weighted by Crippen LogP contribution is -2.15. The lowest BCUT2D eigenvalue weighted by molar-refractivity contribution is 0.101. The van der Waals surface area contributed by atoms with E-state index in [2.05, 4.69) is 15.3 Å². The molecule has 0 unspecified atom stereocenters. The molecule has 0 saturated heterocycles. The maximum atomic E-state index is 12.7. The number of carbonyl (C=O) groups excluding carboxylic acids is 2. The number of para-hydroxylation sites is 1. The Bertz CT molecular complexity index is 957. The number of hydrogen-bond donors (Lipinski definition) is 2. The van der Waals surface area contributed by atoms with Gasteiger partial charge in [0, 0.05) is 16.6 Å². The summed E-state index contributed by atoms with van der Waals surface area (Å²) in [6, 6.07) is 11.4. The van der Waals surface area contributed by atoms with Crippen LogP contribution in [0.25, 0.3) is 10.9 Å². The summed E-state index contributed by atoms with van der Waals surface area (Å²) in [4.78, 5) is 32.2. The highest BCUT2D eigenvalue weighted by molar-refractivity contribution is 6.07. The monoisotopic (exact) mass is 335 g/mol. The second-order valence-corrected chi connectivity index (χ2v) is 6.13. The molecule has 0 bridgehead atoms. The molecule has 0 saturated carbocycles. The summed E-state index contributed by atoms with van der Waals surface area (Å²) in [7, 11) is 0.